The lowest BCUT2D eigenvalue weighted by atomic mass is 10.1. The molecule has 1 amide bonds. The Morgan fingerprint density at radius 3 is 2.65 bits per heavy atom. The number of H-pyrrole nitrogens is 1. The number of thioether (sulfide) groups is 1. The van der Waals surface area contributed by atoms with Crippen LogP contribution in [0.1, 0.15) is 23.7 Å². The van der Waals surface area contributed by atoms with Crippen molar-refractivity contribution in [3.05, 3.63) is 57.3 Å². The molecule has 1 aromatic heterocycles. The molecule has 2 rings (SSSR count). The first-order chi connectivity index (χ1) is 11.0. The van der Waals surface area contributed by atoms with E-state index in [1.54, 1.807) is 19.1 Å². The largest absolute Gasteiger partial charge is 0.356 e. The van der Waals surface area contributed by atoms with Gasteiger partial charge in [-0.2, -0.15) is 0 Å². The number of halogens is 1. The molecule has 0 fully saturated rings. The molecule has 0 saturated heterocycles. The standard InChI is InChI=1S/C16H18FN3O2S/c1-3-18-14(21)8-13-10(2)19-16(20-15(13)22)23-9-11-4-6-12(17)7-5-11/h4-7H,3,8-9H2,1-2H3,(H,18,21)(H,19,20,22). The fourth-order valence-electron chi connectivity index (χ4n) is 2.01. The number of aromatic nitrogens is 2. The molecule has 0 bridgehead atoms. The number of amides is 1. The molecule has 0 aliphatic carbocycles. The number of hydrogen-bond acceptors (Lipinski definition) is 4. The molecule has 2 N–H and O–H groups in total. The number of nitrogens with zero attached hydrogens (tertiary/aromatic N) is 1. The number of carbonyl (C=O) groups excluding carboxylic acids is 1. The van der Waals surface area contributed by atoms with Gasteiger partial charge in [-0.15, -0.1) is 0 Å². The van der Waals surface area contributed by atoms with Crippen molar-refractivity contribution in [2.24, 2.45) is 0 Å². The zero-order chi connectivity index (χ0) is 16.8. The summed E-state index contributed by atoms with van der Waals surface area (Å²) in [5.41, 5.74) is 1.55. The van der Waals surface area contributed by atoms with Gasteiger partial charge in [-0.1, -0.05) is 23.9 Å². The Labute approximate surface area is 137 Å². The maximum absolute atomic E-state index is 12.9. The number of carbonyl (C=O) groups is 1. The molecule has 0 unspecified atom stereocenters. The first-order valence-electron chi connectivity index (χ1n) is 7.23. The van der Waals surface area contributed by atoms with E-state index in [2.05, 4.69) is 15.3 Å². The van der Waals surface area contributed by atoms with Gasteiger partial charge in [-0.25, -0.2) is 9.37 Å². The van der Waals surface area contributed by atoms with Crippen molar-refractivity contribution in [3.8, 4) is 0 Å². The maximum atomic E-state index is 12.9. The monoisotopic (exact) mass is 335 g/mol. The molecule has 0 saturated carbocycles. The Morgan fingerprint density at radius 1 is 1.35 bits per heavy atom. The molecule has 0 radical (unpaired) electrons. The van der Waals surface area contributed by atoms with Gasteiger partial charge in [-0.05, 0) is 31.5 Å². The van der Waals surface area contributed by atoms with Crippen LogP contribution in [-0.4, -0.2) is 22.4 Å². The van der Waals surface area contributed by atoms with Gasteiger partial charge in [0, 0.05) is 23.6 Å². The average molecular weight is 335 g/mol. The quantitative estimate of drug-likeness (QED) is 0.627. The van der Waals surface area contributed by atoms with E-state index in [1.165, 1.54) is 23.9 Å². The normalized spacial score (nSPS) is 10.6. The molecule has 1 aromatic carbocycles. The molecule has 0 aliphatic rings. The van der Waals surface area contributed by atoms with Gasteiger partial charge in [0.1, 0.15) is 5.82 Å². The van der Waals surface area contributed by atoms with Crippen molar-refractivity contribution in [2.75, 3.05) is 6.54 Å². The molecule has 122 valence electrons. The number of benzene rings is 1. The average Bonchev–Trinajstić information content (AvgIpc) is 2.51. The maximum Gasteiger partial charge on any atom is 0.255 e. The smallest absolute Gasteiger partial charge is 0.255 e. The molecule has 7 heteroatoms. The van der Waals surface area contributed by atoms with Crippen LogP contribution < -0.4 is 10.9 Å². The number of rotatable bonds is 6. The predicted molar refractivity (Wildman–Crippen MR) is 87.9 cm³/mol. The fraction of sp³-hybridized carbons (Fsp3) is 0.312. The van der Waals surface area contributed by atoms with E-state index in [-0.39, 0.29) is 23.7 Å². The Kier molecular flexibility index (Phi) is 5.92. The molecule has 0 atom stereocenters. The van der Waals surface area contributed by atoms with E-state index < -0.39 is 0 Å². The summed E-state index contributed by atoms with van der Waals surface area (Å²) in [7, 11) is 0. The van der Waals surface area contributed by atoms with Crippen molar-refractivity contribution in [1.29, 1.82) is 0 Å². The van der Waals surface area contributed by atoms with E-state index in [4.69, 9.17) is 0 Å². The molecule has 5 nitrogen and oxygen atoms in total. The molecular formula is C16H18FN3O2S. The van der Waals surface area contributed by atoms with Crippen LogP contribution >= 0.6 is 11.8 Å². The van der Waals surface area contributed by atoms with Crippen LogP contribution in [0.25, 0.3) is 0 Å². The highest BCUT2D eigenvalue weighted by Crippen LogP contribution is 2.19. The van der Waals surface area contributed by atoms with Gasteiger partial charge < -0.3 is 10.3 Å². The van der Waals surface area contributed by atoms with Crippen molar-refractivity contribution >= 4 is 17.7 Å². The zero-order valence-electron chi connectivity index (χ0n) is 13.0. The van der Waals surface area contributed by atoms with Crippen LogP contribution in [0.2, 0.25) is 0 Å². The molecule has 2 aromatic rings. The van der Waals surface area contributed by atoms with Crippen molar-refractivity contribution < 1.29 is 9.18 Å². The number of hydrogen-bond donors (Lipinski definition) is 2. The zero-order valence-corrected chi connectivity index (χ0v) is 13.8. The summed E-state index contributed by atoms with van der Waals surface area (Å²) in [4.78, 5) is 30.8. The lowest BCUT2D eigenvalue weighted by Crippen LogP contribution is -2.28. The van der Waals surface area contributed by atoms with Crippen LogP contribution in [0.5, 0.6) is 0 Å². The van der Waals surface area contributed by atoms with Crippen molar-refractivity contribution in [2.45, 2.75) is 31.2 Å². The van der Waals surface area contributed by atoms with E-state index >= 15 is 0 Å². The Morgan fingerprint density at radius 2 is 2.04 bits per heavy atom. The second-order valence-electron chi connectivity index (χ2n) is 4.98. The van der Waals surface area contributed by atoms with Gasteiger partial charge in [-0.3, -0.25) is 9.59 Å². The van der Waals surface area contributed by atoms with Crippen LogP contribution in [0.3, 0.4) is 0 Å². The highest BCUT2D eigenvalue weighted by atomic mass is 32.2. The van der Waals surface area contributed by atoms with E-state index in [1.807, 2.05) is 6.92 Å². The Hall–Kier alpha value is -2.15. The van der Waals surface area contributed by atoms with Crippen molar-refractivity contribution in [1.82, 2.24) is 15.3 Å². The SMILES string of the molecule is CCNC(=O)Cc1c(C)nc(SCc2ccc(F)cc2)[nH]c1=O. The third-order valence-electron chi connectivity index (χ3n) is 3.20. The first-order valence-corrected chi connectivity index (χ1v) is 8.22. The van der Waals surface area contributed by atoms with E-state index in [9.17, 15) is 14.0 Å². The van der Waals surface area contributed by atoms with Crippen LogP contribution in [0.15, 0.2) is 34.2 Å². The third-order valence-corrected chi connectivity index (χ3v) is 4.15. The molecule has 23 heavy (non-hydrogen) atoms. The number of likely N-dealkylation sites (N-methyl/N-ethyl adjacent to an activating group) is 1. The Bertz CT molecular complexity index is 744. The fourth-order valence-corrected chi connectivity index (χ4v) is 2.88. The summed E-state index contributed by atoms with van der Waals surface area (Å²) in [6.07, 6.45) is 0.0188. The minimum atomic E-state index is -0.301. The van der Waals surface area contributed by atoms with Gasteiger partial charge in [0.15, 0.2) is 5.16 Å². The van der Waals surface area contributed by atoms with Crippen LogP contribution in [-0.2, 0) is 17.0 Å². The van der Waals surface area contributed by atoms with Gasteiger partial charge >= 0.3 is 0 Å². The summed E-state index contributed by atoms with van der Waals surface area (Å²) < 4.78 is 12.9. The highest BCUT2D eigenvalue weighted by Gasteiger charge is 2.12. The number of nitrogens with one attached hydrogen (secondary N) is 2. The number of aromatic amines is 1. The summed E-state index contributed by atoms with van der Waals surface area (Å²) in [6, 6.07) is 6.17. The van der Waals surface area contributed by atoms with Gasteiger partial charge in [0.05, 0.1) is 6.42 Å². The summed E-state index contributed by atoms with van der Waals surface area (Å²) in [5.74, 6) is 0.0867. The minimum absolute atomic E-state index is 0.0188. The topological polar surface area (TPSA) is 74.8 Å². The first kappa shape index (κ1) is 17.2. The summed E-state index contributed by atoms with van der Waals surface area (Å²) in [6.45, 7) is 4.06. The molecular weight excluding hydrogens is 317 g/mol. The second kappa shape index (κ2) is 7.92. The van der Waals surface area contributed by atoms with Gasteiger partial charge in [0.25, 0.3) is 5.56 Å². The van der Waals surface area contributed by atoms with Crippen LogP contribution in [0.4, 0.5) is 4.39 Å². The highest BCUT2D eigenvalue weighted by molar-refractivity contribution is 7.98. The lowest BCUT2D eigenvalue weighted by Gasteiger charge is -2.07. The van der Waals surface area contributed by atoms with Crippen molar-refractivity contribution in [3.63, 3.8) is 0 Å². The summed E-state index contributed by atoms with van der Waals surface area (Å²) in [5, 5.41) is 3.14. The van der Waals surface area contributed by atoms with Crippen LogP contribution in [0, 0.1) is 12.7 Å². The second-order valence-corrected chi connectivity index (χ2v) is 5.94. The minimum Gasteiger partial charge on any atom is -0.356 e. The Balaban J connectivity index is 2.08. The summed E-state index contributed by atoms with van der Waals surface area (Å²) >= 11 is 1.36. The third kappa shape index (κ3) is 4.92. The van der Waals surface area contributed by atoms with E-state index in [0.29, 0.717) is 28.7 Å². The molecule has 0 aliphatic heterocycles. The number of aryl methyl sites for hydroxylation is 1. The van der Waals surface area contributed by atoms with E-state index in [0.717, 1.165) is 5.56 Å². The predicted octanol–water partition coefficient (Wildman–Crippen LogP) is 2.19. The molecule has 1 heterocycles. The lowest BCUT2D eigenvalue weighted by molar-refractivity contribution is -0.120. The van der Waals surface area contributed by atoms with Gasteiger partial charge in [0.2, 0.25) is 5.91 Å². The molecule has 0 spiro atoms.